The van der Waals surface area contributed by atoms with Crippen molar-refractivity contribution in [3.63, 3.8) is 0 Å². The minimum atomic E-state index is -3.49. The maximum absolute atomic E-state index is 13.0. The highest BCUT2D eigenvalue weighted by Crippen LogP contribution is 2.27. The molecule has 0 saturated carbocycles. The van der Waals surface area contributed by atoms with Gasteiger partial charge in [-0.05, 0) is 12.8 Å². The molecule has 1 aliphatic carbocycles. The quantitative estimate of drug-likeness (QED) is 0.455. The number of benzene rings is 1. The molecule has 31 heavy (non-hydrogen) atoms. The second-order valence-corrected chi connectivity index (χ2v) is 11.4. The van der Waals surface area contributed by atoms with Crippen molar-refractivity contribution in [1.29, 1.82) is 0 Å². The molecule has 3 rings (SSSR count). The fraction of sp³-hybridized carbons (Fsp3) is 0.455. The first kappa shape index (κ1) is 23.4. The number of unbranched alkanes of at least 4 members (excludes halogenated alkanes) is 2. The summed E-state index contributed by atoms with van der Waals surface area (Å²) in [6.45, 7) is 3.89. The number of ketones is 2. The first-order valence-electron chi connectivity index (χ1n) is 10.4. The number of sulfone groups is 1. The van der Waals surface area contributed by atoms with Crippen molar-refractivity contribution in [1.82, 2.24) is 9.97 Å². The zero-order valence-electron chi connectivity index (χ0n) is 17.7. The lowest BCUT2D eigenvalue weighted by Crippen LogP contribution is -2.27. The molecule has 0 N–H and O–H groups in total. The lowest BCUT2D eigenvalue weighted by Gasteiger charge is -2.18. The third kappa shape index (κ3) is 5.33. The van der Waals surface area contributed by atoms with Crippen LogP contribution < -0.4 is 0 Å². The van der Waals surface area contributed by atoms with E-state index in [9.17, 15) is 22.2 Å². The molecule has 1 heterocycles. The third-order valence-electron chi connectivity index (χ3n) is 5.09. The molecular formula is C22H26N2O5S2. The molecule has 9 heteroatoms. The fourth-order valence-corrected chi connectivity index (χ4v) is 6.17. The van der Waals surface area contributed by atoms with Gasteiger partial charge < -0.3 is 0 Å². The first-order valence-corrected chi connectivity index (χ1v) is 13.7. The van der Waals surface area contributed by atoms with Crippen LogP contribution in [0, 0.1) is 0 Å². The Kier molecular flexibility index (Phi) is 7.48. The van der Waals surface area contributed by atoms with Gasteiger partial charge in [0.2, 0.25) is 11.6 Å². The summed E-state index contributed by atoms with van der Waals surface area (Å²) in [6.07, 6.45) is 2.89. The maximum atomic E-state index is 13.0. The number of carbonyl (C=O) groups excluding carboxylic acids is 2. The van der Waals surface area contributed by atoms with Gasteiger partial charge in [-0.25, -0.2) is 18.4 Å². The van der Waals surface area contributed by atoms with Crippen LogP contribution >= 0.6 is 0 Å². The van der Waals surface area contributed by atoms with Gasteiger partial charge in [-0.3, -0.25) is 13.8 Å². The molecule has 0 fully saturated rings. The van der Waals surface area contributed by atoms with Crippen molar-refractivity contribution in [3.8, 4) is 0 Å². The van der Waals surface area contributed by atoms with Crippen molar-refractivity contribution < 1.29 is 22.2 Å². The monoisotopic (exact) mass is 462 g/mol. The number of hydrogen-bond acceptors (Lipinski definition) is 7. The molecule has 0 spiro atoms. The van der Waals surface area contributed by atoms with Gasteiger partial charge in [0.05, 0.1) is 28.6 Å². The Balaban J connectivity index is 2.07. The Bertz CT molecular complexity index is 1140. The van der Waals surface area contributed by atoms with Gasteiger partial charge in [0.25, 0.3) is 0 Å². The molecule has 0 bridgehead atoms. The summed E-state index contributed by atoms with van der Waals surface area (Å²) in [5, 5.41) is 0. The summed E-state index contributed by atoms with van der Waals surface area (Å²) < 4.78 is 37.7. The Labute approximate surface area is 185 Å². The first-order chi connectivity index (χ1) is 14.8. The summed E-state index contributed by atoms with van der Waals surface area (Å²) in [5.74, 6) is -0.829. The number of fused-ring (bicyclic) bond motifs is 2. The van der Waals surface area contributed by atoms with Gasteiger partial charge in [0.15, 0.2) is 9.84 Å². The van der Waals surface area contributed by atoms with Crippen molar-refractivity contribution >= 4 is 32.2 Å². The molecule has 1 unspecified atom stereocenters. The summed E-state index contributed by atoms with van der Waals surface area (Å²) >= 11 is 0. The van der Waals surface area contributed by atoms with E-state index in [0.29, 0.717) is 12.2 Å². The predicted molar refractivity (Wildman–Crippen MR) is 119 cm³/mol. The average Bonchev–Trinajstić information content (AvgIpc) is 2.75. The van der Waals surface area contributed by atoms with Gasteiger partial charge in [0, 0.05) is 27.7 Å². The Morgan fingerprint density at radius 3 is 1.97 bits per heavy atom. The van der Waals surface area contributed by atoms with E-state index in [2.05, 4.69) is 9.97 Å². The van der Waals surface area contributed by atoms with E-state index in [-0.39, 0.29) is 45.4 Å². The summed E-state index contributed by atoms with van der Waals surface area (Å²) in [4.78, 5) is 34.6. The normalized spacial score (nSPS) is 14.3. The molecule has 0 aliphatic heterocycles. The molecule has 0 radical (unpaired) electrons. The summed E-state index contributed by atoms with van der Waals surface area (Å²) in [7, 11) is -4.76. The number of aromatic nitrogens is 2. The van der Waals surface area contributed by atoms with Gasteiger partial charge in [0.1, 0.15) is 11.4 Å². The molecule has 0 amide bonds. The van der Waals surface area contributed by atoms with E-state index < -0.39 is 38.0 Å². The highest BCUT2D eigenvalue weighted by molar-refractivity contribution is 7.90. The van der Waals surface area contributed by atoms with Crippen LogP contribution in [0.5, 0.6) is 0 Å². The minimum absolute atomic E-state index is 0.00201. The van der Waals surface area contributed by atoms with Gasteiger partial charge in [-0.1, -0.05) is 51.0 Å². The molecule has 1 atom stereocenters. The van der Waals surface area contributed by atoms with Crippen LogP contribution in [0.4, 0.5) is 0 Å². The van der Waals surface area contributed by atoms with Gasteiger partial charge in [-0.2, -0.15) is 0 Å². The number of carbonyl (C=O) groups is 2. The molecule has 1 aromatic carbocycles. The molecule has 2 aromatic rings. The van der Waals surface area contributed by atoms with Crippen LogP contribution in [0.3, 0.4) is 0 Å². The Hall–Kier alpha value is -2.26. The van der Waals surface area contributed by atoms with Crippen molar-refractivity contribution in [2.45, 2.75) is 51.0 Å². The van der Waals surface area contributed by atoms with Crippen LogP contribution in [0.2, 0.25) is 0 Å². The van der Waals surface area contributed by atoms with Crippen molar-refractivity contribution in [2.75, 3.05) is 11.5 Å². The smallest absolute Gasteiger partial charge is 0.214 e. The topological polar surface area (TPSA) is 111 Å². The van der Waals surface area contributed by atoms with E-state index >= 15 is 0 Å². The van der Waals surface area contributed by atoms with E-state index in [0.717, 1.165) is 19.3 Å². The van der Waals surface area contributed by atoms with E-state index in [4.69, 9.17) is 0 Å². The van der Waals surface area contributed by atoms with Crippen LogP contribution in [0.1, 0.15) is 83.0 Å². The van der Waals surface area contributed by atoms with Crippen LogP contribution in [-0.2, 0) is 32.1 Å². The number of nitrogens with zero attached hydrogens (tertiary/aromatic N) is 2. The molecular weight excluding hydrogens is 436 g/mol. The maximum Gasteiger partial charge on any atom is 0.214 e. The zero-order chi connectivity index (χ0) is 22.6. The molecule has 166 valence electrons. The molecule has 0 saturated heterocycles. The van der Waals surface area contributed by atoms with Gasteiger partial charge >= 0.3 is 0 Å². The molecule has 1 aliphatic rings. The number of rotatable bonds is 10. The lowest BCUT2D eigenvalue weighted by molar-refractivity contribution is 0.0971. The lowest BCUT2D eigenvalue weighted by atomic mass is 9.89. The van der Waals surface area contributed by atoms with E-state index in [1.807, 2.05) is 13.8 Å². The van der Waals surface area contributed by atoms with Crippen LogP contribution in [0.25, 0.3) is 0 Å². The largest absolute Gasteiger partial charge is 0.287 e. The Morgan fingerprint density at radius 1 is 0.871 bits per heavy atom. The molecule has 1 aromatic heterocycles. The Morgan fingerprint density at radius 2 is 1.42 bits per heavy atom. The average molecular weight is 463 g/mol. The zero-order valence-corrected chi connectivity index (χ0v) is 19.4. The highest BCUT2D eigenvalue weighted by Gasteiger charge is 2.34. The van der Waals surface area contributed by atoms with Crippen LogP contribution in [-0.4, -0.2) is 45.7 Å². The standard InChI is InChI=1S/C22H26N2O5S2/c1-3-5-11-30(27)13-17-18(14-31(28,29)12-6-4-2)24-20-19(23-17)21(25)15-9-7-8-10-16(15)22(20)26/h7-10H,3-6,11-14H2,1-2H3. The minimum Gasteiger partial charge on any atom is -0.287 e. The van der Waals surface area contributed by atoms with Crippen molar-refractivity contribution in [3.05, 3.63) is 58.2 Å². The second kappa shape index (κ2) is 9.91. The fourth-order valence-electron chi connectivity index (χ4n) is 3.36. The predicted octanol–water partition coefficient (Wildman–Crippen LogP) is 3.02. The molecule has 7 nitrogen and oxygen atoms in total. The van der Waals surface area contributed by atoms with Crippen LogP contribution in [0.15, 0.2) is 24.3 Å². The summed E-state index contributed by atoms with van der Waals surface area (Å²) in [6, 6.07) is 6.43. The van der Waals surface area contributed by atoms with E-state index in [1.165, 1.54) is 0 Å². The second-order valence-electron chi connectivity index (χ2n) is 7.61. The summed E-state index contributed by atoms with van der Waals surface area (Å²) in [5.41, 5.74) is 0.575. The SMILES string of the molecule is CCCCS(=O)Cc1nc2c(nc1CS(=O)(=O)CCCC)C(=O)c1ccccc1C2=O. The third-order valence-corrected chi connectivity index (χ3v) is 8.05. The van der Waals surface area contributed by atoms with Gasteiger partial charge in [-0.15, -0.1) is 0 Å². The highest BCUT2D eigenvalue weighted by atomic mass is 32.2. The van der Waals surface area contributed by atoms with E-state index in [1.54, 1.807) is 24.3 Å². The number of hydrogen-bond donors (Lipinski definition) is 0. The van der Waals surface area contributed by atoms with Crippen molar-refractivity contribution in [2.24, 2.45) is 0 Å².